The van der Waals surface area contributed by atoms with Crippen LogP contribution in [-0.2, 0) is 10.2 Å². The Hall–Kier alpha value is -1.02. The number of halogens is 1. The largest absolute Gasteiger partial charge is 0.497 e. The van der Waals surface area contributed by atoms with Gasteiger partial charge in [-0.2, -0.15) is 0 Å². The third kappa shape index (κ3) is 5.51. The van der Waals surface area contributed by atoms with E-state index in [1.54, 1.807) is 7.11 Å². The summed E-state index contributed by atoms with van der Waals surface area (Å²) in [6, 6.07) is 8.43. The maximum Gasteiger partial charge on any atom is 0.191 e. The molecular weight excluding hydrogens is 417 g/mol. The Labute approximate surface area is 162 Å². The minimum Gasteiger partial charge on any atom is -0.497 e. The first-order valence-electron chi connectivity index (χ1n) is 8.41. The lowest BCUT2D eigenvalue weighted by Gasteiger charge is -2.38. The van der Waals surface area contributed by atoms with Crippen molar-refractivity contribution in [3.63, 3.8) is 0 Å². The maximum absolute atomic E-state index is 5.59. The van der Waals surface area contributed by atoms with Crippen molar-refractivity contribution in [2.75, 3.05) is 40.5 Å². The zero-order valence-electron chi connectivity index (χ0n) is 14.9. The summed E-state index contributed by atoms with van der Waals surface area (Å²) in [4.78, 5) is 4.31. The smallest absolute Gasteiger partial charge is 0.191 e. The zero-order valence-corrected chi connectivity index (χ0v) is 17.3. The van der Waals surface area contributed by atoms with Crippen LogP contribution in [0.5, 0.6) is 5.75 Å². The van der Waals surface area contributed by atoms with Gasteiger partial charge >= 0.3 is 0 Å². The van der Waals surface area contributed by atoms with Gasteiger partial charge in [-0.25, -0.2) is 0 Å². The standard InChI is InChI=1S/C18H29N3O2.HI/c1-4-11-20-17(19-2)21-14-18(9-12-23-13-10-18)15-5-7-16(22-3)8-6-15;/h5-8H,4,9-14H2,1-3H3,(H2,19,20,21);1H. The van der Waals surface area contributed by atoms with Crippen LogP contribution >= 0.6 is 24.0 Å². The normalized spacial score (nSPS) is 16.9. The van der Waals surface area contributed by atoms with Crippen LogP contribution < -0.4 is 15.4 Å². The summed E-state index contributed by atoms with van der Waals surface area (Å²) >= 11 is 0. The van der Waals surface area contributed by atoms with Gasteiger partial charge in [0, 0.05) is 38.8 Å². The minimum atomic E-state index is 0. The monoisotopic (exact) mass is 447 g/mol. The highest BCUT2D eigenvalue weighted by molar-refractivity contribution is 14.0. The molecule has 1 aromatic carbocycles. The van der Waals surface area contributed by atoms with Crippen LogP contribution in [0.15, 0.2) is 29.3 Å². The second-order valence-electron chi connectivity index (χ2n) is 5.97. The van der Waals surface area contributed by atoms with Gasteiger partial charge in [0.1, 0.15) is 5.75 Å². The highest BCUT2D eigenvalue weighted by Gasteiger charge is 2.34. The number of hydrogen-bond acceptors (Lipinski definition) is 3. The average molecular weight is 447 g/mol. The van der Waals surface area contributed by atoms with E-state index in [-0.39, 0.29) is 29.4 Å². The number of hydrogen-bond donors (Lipinski definition) is 2. The highest BCUT2D eigenvalue weighted by Crippen LogP contribution is 2.35. The number of methoxy groups -OCH3 is 1. The van der Waals surface area contributed by atoms with Crippen LogP contribution in [0.3, 0.4) is 0 Å². The number of ether oxygens (including phenoxy) is 2. The van der Waals surface area contributed by atoms with Gasteiger partial charge in [-0.1, -0.05) is 19.1 Å². The SMILES string of the molecule is CCCNC(=NC)NCC1(c2ccc(OC)cc2)CCOCC1.I. The summed E-state index contributed by atoms with van der Waals surface area (Å²) in [6.45, 7) is 5.53. The highest BCUT2D eigenvalue weighted by atomic mass is 127. The molecule has 1 aromatic rings. The van der Waals surface area contributed by atoms with Crippen LogP contribution in [0.2, 0.25) is 0 Å². The molecule has 2 N–H and O–H groups in total. The first-order chi connectivity index (χ1) is 11.2. The van der Waals surface area contributed by atoms with E-state index in [2.05, 4.69) is 34.7 Å². The van der Waals surface area contributed by atoms with E-state index in [0.717, 1.165) is 57.3 Å². The van der Waals surface area contributed by atoms with Gasteiger partial charge in [-0.05, 0) is 37.0 Å². The number of nitrogens with one attached hydrogen (secondary N) is 2. The van der Waals surface area contributed by atoms with Crippen LogP contribution in [-0.4, -0.2) is 46.4 Å². The summed E-state index contributed by atoms with van der Waals surface area (Å²) in [5.74, 6) is 1.76. The van der Waals surface area contributed by atoms with Crippen molar-refractivity contribution in [3.05, 3.63) is 29.8 Å². The van der Waals surface area contributed by atoms with Crippen molar-refractivity contribution in [3.8, 4) is 5.75 Å². The van der Waals surface area contributed by atoms with Crippen molar-refractivity contribution >= 4 is 29.9 Å². The zero-order chi connectivity index (χ0) is 16.5. The van der Waals surface area contributed by atoms with Gasteiger partial charge in [0.25, 0.3) is 0 Å². The fraction of sp³-hybridized carbons (Fsp3) is 0.611. The van der Waals surface area contributed by atoms with Crippen LogP contribution in [0.1, 0.15) is 31.7 Å². The molecule has 0 aromatic heterocycles. The molecule has 0 unspecified atom stereocenters. The number of rotatable bonds is 6. The Bertz CT molecular complexity index is 499. The van der Waals surface area contributed by atoms with E-state index < -0.39 is 0 Å². The van der Waals surface area contributed by atoms with Gasteiger partial charge in [0.05, 0.1) is 7.11 Å². The Morgan fingerprint density at radius 3 is 2.42 bits per heavy atom. The van der Waals surface area contributed by atoms with E-state index >= 15 is 0 Å². The summed E-state index contributed by atoms with van der Waals surface area (Å²) in [5, 5.41) is 6.83. The molecule has 1 saturated heterocycles. The predicted octanol–water partition coefficient (Wildman–Crippen LogP) is 2.94. The maximum atomic E-state index is 5.59. The molecule has 0 radical (unpaired) electrons. The van der Waals surface area contributed by atoms with E-state index in [4.69, 9.17) is 9.47 Å². The Kier molecular flexibility index (Phi) is 9.43. The summed E-state index contributed by atoms with van der Waals surface area (Å²) in [6.07, 6.45) is 3.10. The first kappa shape index (κ1) is 21.0. The van der Waals surface area contributed by atoms with Crippen LogP contribution in [0.25, 0.3) is 0 Å². The molecule has 0 spiro atoms. The van der Waals surface area contributed by atoms with E-state index in [0.29, 0.717) is 0 Å². The third-order valence-corrected chi connectivity index (χ3v) is 4.51. The molecule has 0 amide bonds. The quantitative estimate of drug-likeness (QED) is 0.400. The summed E-state index contributed by atoms with van der Waals surface area (Å²) in [5.41, 5.74) is 1.41. The van der Waals surface area contributed by atoms with Crippen molar-refractivity contribution in [1.29, 1.82) is 0 Å². The third-order valence-electron chi connectivity index (χ3n) is 4.51. The predicted molar refractivity (Wildman–Crippen MR) is 110 cm³/mol. The Morgan fingerprint density at radius 2 is 1.88 bits per heavy atom. The van der Waals surface area contributed by atoms with E-state index in [1.165, 1.54) is 5.56 Å². The number of nitrogens with zero attached hydrogens (tertiary/aromatic N) is 1. The van der Waals surface area contributed by atoms with E-state index in [9.17, 15) is 0 Å². The van der Waals surface area contributed by atoms with E-state index in [1.807, 2.05) is 19.2 Å². The van der Waals surface area contributed by atoms with Gasteiger partial charge in [-0.3, -0.25) is 4.99 Å². The van der Waals surface area contributed by atoms with Gasteiger partial charge in [-0.15, -0.1) is 24.0 Å². The molecule has 0 atom stereocenters. The summed E-state index contributed by atoms with van der Waals surface area (Å²) in [7, 11) is 3.51. The molecule has 0 aliphatic carbocycles. The van der Waals surface area contributed by atoms with Gasteiger partial charge < -0.3 is 20.1 Å². The molecule has 5 nitrogen and oxygen atoms in total. The molecule has 2 rings (SSSR count). The average Bonchev–Trinajstić information content (AvgIpc) is 2.63. The second kappa shape index (κ2) is 10.8. The lowest BCUT2D eigenvalue weighted by molar-refractivity contribution is 0.0513. The minimum absolute atomic E-state index is 0. The number of benzene rings is 1. The topological polar surface area (TPSA) is 54.9 Å². The summed E-state index contributed by atoms with van der Waals surface area (Å²) < 4.78 is 10.9. The number of aliphatic imine (C=N–C) groups is 1. The van der Waals surface area contributed by atoms with Crippen LogP contribution in [0, 0.1) is 0 Å². The molecule has 6 heteroatoms. The lowest BCUT2D eigenvalue weighted by Crippen LogP contribution is -2.48. The van der Waals surface area contributed by atoms with Crippen molar-refractivity contribution in [2.24, 2.45) is 4.99 Å². The molecule has 1 aliphatic rings. The van der Waals surface area contributed by atoms with Crippen molar-refractivity contribution in [1.82, 2.24) is 10.6 Å². The second-order valence-corrected chi connectivity index (χ2v) is 5.97. The van der Waals surface area contributed by atoms with Crippen molar-refractivity contribution < 1.29 is 9.47 Å². The Morgan fingerprint density at radius 1 is 1.21 bits per heavy atom. The molecule has 1 fully saturated rings. The molecule has 0 saturated carbocycles. The molecule has 24 heavy (non-hydrogen) atoms. The first-order valence-corrected chi connectivity index (χ1v) is 8.41. The molecule has 136 valence electrons. The van der Waals surface area contributed by atoms with Crippen molar-refractivity contribution in [2.45, 2.75) is 31.6 Å². The number of guanidine groups is 1. The molecule has 1 aliphatic heterocycles. The van der Waals surface area contributed by atoms with Crippen LogP contribution in [0.4, 0.5) is 0 Å². The lowest BCUT2D eigenvalue weighted by atomic mass is 9.74. The fourth-order valence-electron chi connectivity index (χ4n) is 2.99. The van der Waals surface area contributed by atoms with Gasteiger partial charge in [0.2, 0.25) is 0 Å². The molecule has 0 bridgehead atoms. The Balaban J connectivity index is 0.00000288. The van der Waals surface area contributed by atoms with Gasteiger partial charge in [0.15, 0.2) is 5.96 Å². The fourth-order valence-corrected chi connectivity index (χ4v) is 2.99. The molecular formula is C18H30IN3O2. The molecule has 1 heterocycles.